The van der Waals surface area contributed by atoms with Crippen LogP contribution in [-0.2, 0) is 20.7 Å². The van der Waals surface area contributed by atoms with E-state index in [9.17, 15) is 14.0 Å². The van der Waals surface area contributed by atoms with Crippen LogP contribution in [0.5, 0.6) is 11.8 Å². The van der Waals surface area contributed by atoms with Crippen molar-refractivity contribution in [3.8, 4) is 23.0 Å². The molecule has 0 bridgehead atoms. The Balaban J connectivity index is 1.29. The van der Waals surface area contributed by atoms with Crippen LogP contribution in [0.4, 0.5) is 19.0 Å². The van der Waals surface area contributed by atoms with Crippen LogP contribution in [0.1, 0.15) is 45.1 Å². The highest BCUT2D eigenvalue weighted by Gasteiger charge is 2.49. The number of fused-ring (bicyclic) bond motifs is 3. The Labute approximate surface area is 293 Å². The number of nitrogens with zero attached hydrogens (tertiary/aromatic N) is 5. The smallest absolute Gasteiger partial charge is 0.319 e. The van der Waals surface area contributed by atoms with Gasteiger partial charge in [0, 0.05) is 58.3 Å². The van der Waals surface area contributed by atoms with Crippen molar-refractivity contribution in [1.82, 2.24) is 24.8 Å². The van der Waals surface area contributed by atoms with Crippen molar-refractivity contribution >= 4 is 39.3 Å². The first-order valence-corrected chi connectivity index (χ1v) is 17.3. The lowest BCUT2D eigenvalue weighted by Gasteiger charge is -2.30. The standard InChI is InChI=1S/C37H41F3N6O5/c1-5-25-29(39)8-7-21-11-24(51-19-49-4)13-27(30(21)25)32-31(40)33-28(16-41-32)34(42-15-22-12-26(22)35(48)45(3)20(2)47)44-36(43-33)50-18-37-9-6-10-46(37)17-23(38)14-37/h7-8,11,13,16,22-23,26H,5-6,9-10,12,14-15,17-19H2,1-4H3,(H,42,43,44)/t22-,23+,26+,37-/m0/s1. The number of rotatable bonds is 12. The minimum atomic E-state index is -0.956. The van der Waals surface area contributed by atoms with E-state index in [1.165, 1.54) is 33.3 Å². The number of aromatic nitrogens is 3. The van der Waals surface area contributed by atoms with Gasteiger partial charge in [-0.1, -0.05) is 13.0 Å². The lowest BCUT2D eigenvalue weighted by Crippen LogP contribution is -2.43. The van der Waals surface area contributed by atoms with E-state index >= 15 is 8.78 Å². The van der Waals surface area contributed by atoms with Gasteiger partial charge in [-0.05, 0) is 72.7 Å². The van der Waals surface area contributed by atoms with E-state index in [1.807, 2.05) is 6.92 Å². The first-order valence-electron chi connectivity index (χ1n) is 17.3. The Morgan fingerprint density at radius 1 is 1.18 bits per heavy atom. The van der Waals surface area contributed by atoms with Crippen LogP contribution in [0.3, 0.4) is 0 Å². The number of amides is 2. The number of imide groups is 1. The molecule has 2 aromatic carbocycles. The zero-order chi connectivity index (χ0) is 36.0. The van der Waals surface area contributed by atoms with Crippen molar-refractivity contribution in [1.29, 1.82) is 0 Å². The predicted octanol–water partition coefficient (Wildman–Crippen LogP) is 5.68. The zero-order valence-electron chi connectivity index (χ0n) is 29.1. The van der Waals surface area contributed by atoms with Crippen molar-refractivity contribution in [3.05, 3.63) is 47.7 Å². The van der Waals surface area contributed by atoms with E-state index in [0.717, 1.165) is 24.3 Å². The van der Waals surface area contributed by atoms with Crippen LogP contribution in [-0.4, -0.2) is 95.5 Å². The third-order valence-electron chi connectivity index (χ3n) is 10.6. The van der Waals surface area contributed by atoms with Gasteiger partial charge in [0.05, 0.1) is 10.9 Å². The summed E-state index contributed by atoms with van der Waals surface area (Å²) in [5.74, 6) is -1.53. The van der Waals surface area contributed by atoms with Crippen LogP contribution < -0.4 is 14.8 Å². The first-order chi connectivity index (χ1) is 24.5. The number of carbonyl (C=O) groups excluding carboxylic acids is 2. The Hall–Kier alpha value is -4.56. The van der Waals surface area contributed by atoms with E-state index in [4.69, 9.17) is 14.2 Å². The van der Waals surface area contributed by atoms with Crippen LogP contribution >= 0.6 is 0 Å². The highest BCUT2D eigenvalue weighted by Crippen LogP contribution is 2.43. The van der Waals surface area contributed by atoms with Gasteiger partial charge in [0.15, 0.2) is 12.6 Å². The van der Waals surface area contributed by atoms with E-state index in [0.29, 0.717) is 60.0 Å². The van der Waals surface area contributed by atoms with Crippen molar-refractivity contribution in [3.63, 3.8) is 0 Å². The predicted molar refractivity (Wildman–Crippen MR) is 184 cm³/mol. The number of pyridine rings is 1. The lowest BCUT2D eigenvalue weighted by atomic mass is 9.94. The molecule has 3 aliphatic rings. The minimum absolute atomic E-state index is 0.0517. The molecule has 4 aromatic rings. The fraction of sp³-hybridized carbons (Fsp3) is 0.486. The SMILES string of the molecule is CCc1c(F)ccc2cc(OCOC)cc(-c3ncc4c(NC[C@@H]5C[C@H]5C(=O)N(C)C(C)=O)nc(OC[C@@]56CCCN5C[C@H](F)C6)nc4c3F)c12. The lowest BCUT2D eigenvalue weighted by molar-refractivity contribution is -0.142. The van der Waals surface area contributed by atoms with Crippen molar-refractivity contribution in [2.75, 3.05) is 52.5 Å². The molecular weight excluding hydrogens is 665 g/mol. The molecule has 2 amide bonds. The largest absolute Gasteiger partial charge is 0.468 e. The number of carbonyl (C=O) groups is 2. The van der Waals surface area contributed by atoms with Gasteiger partial charge in [-0.3, -0.25) is 24.4 Å². The van der Waals surface area contributed by atoms with Gasteiger partial charge in [-0.15, -0.1) is 0 Å². The quantitative estimate of drug-likeness (QED) is 0.185. The number of aryl methyl sites for hydroxylation is 1. The Kier molecular flexibility index (Phi) is 9.48. The van der Waals surface area contributed by atoms with Crippen molar-refractivity contribution in [2.24, 2.45) is 11.8 Å². The molecule has 14 heteroatoms. The second kappa shape index (κ2) is 13.9. The monoisotopic (exact) mass is 706 g/mol. The first kappa shape index (κ1) is 34.9. The fourth-order valence-electron chi connectivity index (χ4n) is 7.71. The molecule has 51 heavy (non-hydrogen) atoms. The summed E-state index contributed by atoms with van der Waals surface area (Å²) in [5.41, 5.74) is 0.0962. The number of alkyl halides is 1. The van der Waals surface area contributed by atoms with Gasteiger partial charge in [0.2, 0.25) is 11.8 Å². The van der Waals surface area contributed by atoms with E-state index < -0.39 is 23.3 Å². The topological polar surface area (TPSA) is 119 Å². The van der Waals surface area contributed by atoms with Crippen molar-refractivity contribution in [2.45, 2.75) is 57.7 Å². The molecule has 2 aromatic heterocycles. The van der Waals surface area contributed by atoms with Crippen LogP contribution in [0, 0.1) is 23.5 Å². The second-order valence-corrected chi connectivity index (χ2v) is 13.8. The van der Waals surface area contributed by atoms with Gasteiger partial charge in [-0.25, -0.2) is 13.2 Å². The minimum Gasteiger partial charge on any atom is -0.468 e. The maximum absolute atomic E-state index is 17.0. The molecule has 1 saturated carbocycles. The summed E-state index contributed by atoms with van der Waals surface area (Å²) in [5, 5.41) is 4.66. The summed E-state index contributed by atoms with van der Waals surface area (Å²) in [4.78, 5) is 41.4. The molecule has 3 fully saturated rings. The van der Waals surface area contributed by atoms with E-state index in [1.54, 1.807) is 18.2 Å². The normalized spacial score (nSPS) is 22.7. The molecule has 1 N–H and O–H groups in total. The molecule has 4 atom stereocenters. The zero-order valence-corrected chi connectivity index (χ0v) is 29.1. The molecule has 0 spiro atoms. The summed E-state index contributed by atoms with van der Waals surface area (Å²) in [6.45, 7) is 4.70. The Morgan fingerprint density at radius 2 is 2.00 bits per heavy atom. The van der Waals surface area contributed by atoms with Gasteiger partial charge in [0.1, 0.15) is 41.4 Å². The molecule has 1 aliphatic carbocycles. The molecular formula is C37H41F3N6O5. The summed E-state index contributed by atoms with van der Waals surface area (Å²) >= 11 is 0. The number of benzene rings is 2. The Bertz CT molecular complexity index is 2020. The number of methoxy groups -OCH3 is 1. The number of hydrogen-bond acceptors (Lipinski definition) is 10. The van der Waals surface area contributed by atoms with E-state index in [-0.39, 0.29) is 65.5 Å². The fourth-order valence-corrected chi connectivity index (χ4v) is 7.71. The average molecular weight is 707 g/mol. The highest BCUT2D eigenvalue weighted by molar-refractivity contribution is 6.02. The molecule has 7 rings (SSSR count). The summed E-state index contributed by atoms with van der Waals surface area (Å²) in [6, 6.07) is 6.25. The Morgan fingerprint density at radius 3 is 2.76 bits per heavy atom. The van der Waals surface area contributed by atoms with E-state index in [2.05, 4.69) is 25.2 Å². The maximum atomic E-state index is 17.0. The number of anilines is 1. The molecule has 0 radical (unpaired) electrons. The number of hydrogen-bond donors (Lipinski definition) is 1. The number of halogens is 3. The van der Waals surface area contributed by atoms with Gasteiger partial charge < -0.3 is 19.5 Å². The number of nitrogens with one attached hydrogen (secondary N) is 1. The second-order valence-electron chi connectivity index (χ2n) is 13.8. The summed E-state index contributed by atoms with van der Waals surface area (Å²) in [6.07, 6.45) is 3.47. The maximum Gasteiger partial charge on any atom is 0.319 e. The number of ether oxygens (including phenoxy) is 3. The molecule has 270 valence electrons. The van der Waals surface area contributed by atoms with Gasteiger partial charge in [0.25, 0.3) is 0 Å². The van der Waals surface area contributed by atoms with Crippen LogP contribution in [0.2, 0.25) is 0 Å². The molecule has 0 unspecified atom stereocenters. The van der Waals surface area contributed by atoms with Crippen LogP contribution in [0.15, 0.2) is 30.5 Å². The third-order valence-corrected chi connectivity index (χ3v) is 10.6. The third kappa shape index (κ3) is 6.55. The molecule has 4 heterocycles. The summed E-state index contributed by atoms with van der Waals surface area (Å²) in [7, 11) is 2.95. The van der Waals surface area contributed by atoms with Crippen LogP contribution in [0.25, 0.3) is 32.9 Å². The average Bonchev–Trinajstić information content (AvgIpc) is 3.69. The van der Waals surface area contributed by atoms with Crippen molar-refractivity contribution < 1.29 is 37.0 Å². The van der Waals surface area contributed by atoms with Gasteiger partial charge in [-0.2, -0.15) is 9.97 Å². The van der Waals surface area contributed by atoms with Gasteiger partial charge >= 0.3 is 6.01 Å². The molecule has 2 saturated heterocycles. The summed E-state index contributed by atoms with van der Waals surface area (Å²) < 4.78 is 63.6. The molecule has 2 aliphatic heterocycles. The molecule has 11 nitrogen and oxygen atoms in total. The highest BCUT2D eigenvalue weighted by atomic mass is 19.1.